The molecule has 0 aliphatic carbocycles. The van der Waals surface area contributed by atoms with Crippen LogP contribution >= 0.6 is 0 Å². The molecule has 2 N–H and O–H groups in total. The van der Waals surface area contributed by atoms with Crippen molar-refractivity contribution in [3.8, 4) is 0 Å². The molecule has 192 valence electrons. The Kier molecular flexibility index (Phi) is 7.80. The maximum absolute atomic E-state index is 13.4. The summed E-state index contributed by atoms with van der Waals surface area (Å²) in [5.41, 5.74) is 4.71. The molecule has 1 fully saturated rings. The minimum atomic E-state index is -0.214. The first kappa shape index (κ1) is 25.0. The van der Waals surface area contributed by atoms with Gasteiger partial charge in [-0.25, -0.2) is 9.37 Å². The van der Waals surface area contributed by atoms with Crippen LogP contribution < -0.4 is 10.6 Å². The lowest BCUT2D eigenvalue weighted by Crippen LogP contribution is -2.40. The van der Waals surface area contributed by atoms with Crippen LogP contribution in [0.2, 0.25) is 0 Å². The first-order valence-electron chi connectivity index (χ1n) is 13.1. The summed E-state index contributed by atoms with van der Waals surface area (Å²) in [5, 5.41) is 6.14. The molecule has 0 spiro atoms. The van der Waals surface area contributed by atoms with Gasteiger partial charge in [-0.3, -0.25) is 4.79 Å². The Morgan fingerprint density at radius 3 is 2.51 bits per heavy atom. The number of likely N-dealkylation sites (tertiary alicyclic amines) is 1. The molecule has 1 aromatic heterocycles. The Morgan fingerprint density at radius 2 is 1.73 bits per heavy atom. The van der Waals surface area contributed by atoms with E-state index in [4.69, 9.17) is 4.98 Å². The van der Waals surface area contributed by atoms with E-state index in [0.717, 1.165) is 67.0 Å². The Labute approximate surface area is 217 Å². The number of halogens is 1. The second-order valence-electron chi connectivity index (χ2n) is 9.77. The molecule has 4 aromatic rings. The quantitative estimate of drug-likeness (QED) is 0.342. The van der Waals surface area contributed by atoms with Crippen LogP contribution in [-0.4, -0.2) is 53.6 Å². The minimum absolute atomic E-state index is 0.0418. The molecule has 5 rings (SSSR count). The summed E-state index contributed by atoms with van der Waals surface area (Å²) in [6, 6.07) is 22.5. The van der Waals surface area contributed by atoms with E-state index in [9.17, 15) is 9.18 Å². The van der Waals surface area contributed by atoms with Crippen molar-refractivity contribution in [3.63, 3.8) is 0 Å². The Bertz CT molecular complexity index is 1340. The Balaban J connectivity index is 1.16. The number of fused-ring (bicyclic) bond motifs is 1. The number of aromatic nitrogens is 2. The van der Waals surface area contributed by atoms with Crippen molar-refractivity contribution in [1.82, 2.24) is 19.8 Å². The highest BCUT2D eigenvalue weighted by Gasteiger charge is 2.22. The number of imidazole rings is 1. The van der Waals surface area contributed by atoms with Crippen molar-refractivity contribution in [2.24, 2.45) is 5.92 Å². The summed E-state index contributed by atoms with van der Waals surface area (Å²) in [5.74, 6) is 1.41. The van der Waals surface area contributed by atoms with Crippen LogP contribution in [0.3, 0.4) is 0 Å². The Morgan fingerprint density at radius 1 is 1.00 bits per heavy atom. The zero-order chi connectivity index (χ0) is 25.6. The van der Waals surface area contributed by atoms with E-state index in [-0.39, 0.29) is 11.7 Å². The molecule has 37 heavy (non-hydrogen) atoms. The predicted molar refractivity (Wildman–Crippen MR) is 146 cm³/mol. The summed E-state index contributed by atoms with van der Waals surface area (Å²) >= 11 is 0. The van der Waals surface area contributed by atoms with Gasteiger partial charge in [-0.1, -0.05) is 36.4 Å². The van der Waals surface area contributed by atoms with E-state index in [1.165, 1.54) is 12.1 Å². The van der Waals surface area contributed by atoms with Gasteiger partial charge in [0, 0.05) is 38.8 Å². The predicted octanol–water partition coefficient (Wildman–Crippen LogP) is 4.95. The normalized spacial score (nSPS) is 14.6. The van der Waals surface area contributed by atoms with E-state index >= 15 is 0 Å². The molecule has 2 heterocycles. The number of rotatable bonds is 9. The molecule has 0 saturated carbocycles. The highest BCUT2D eigenvalue weighted by Crippen LogP contribution is 2.25. The number of carbonyl (C=O) groups excluding carboxylic acids is 1. The summed E-state index contributed by atoms with van der Waals surface area (Å²) in [6.07, 6.45) is 3.15. The standard InChI is InChI=1S/C30H34FN5O/c1-32-26-7-3-2-6-25(26)30(37)33-16-19-35-17-14-22(15-18-35)20-29-34-27-8-4-5-9-28(27)36(29)21-23-10-12-24(31)13-11-23/h2-13,22,32H,14-21H2,1H3,(H,33,37). The van der Waals surface area contributed by atoms with Gasteiger partial charge >= 0.3 is 0 Å². The first-order chi connectivity index (χ1) is 18.1. The van der Waals surface area contributed by atoms with Crippen LogP contribution in [0.15, 0.2) is 72.8 Å². The van der Waals surface area contributed by atoms with Crippen molar-refractivity contribution < 1.29 is 9.18 Å². The zero-order valence-corrected chi connectivity index (χ0v) is 21.3. The van der Waals surface area contributed by atoms with Crippen LogP contribution in [0.1, 0.15) is 34.6 Å². The summed E-state index contributed by atoms with van der Waals surface area (Å²) in [7, 11) is 1.83. The van der Waals surface area contributed by atoms with Crippen molar-refractivity contribution >= 4 is 22.6 Å². The second-order valence-corrected chi connectivity index (χ2v) is 9.77. The number of carbonyl (C=O) groups is 1. The number of benzene rings is 3. The van der Waals surface area contributed by atoms with E-state index in [2.05, 4.69) is 32.2 Å². The van der Waals surface area contributed by atoms with Gasteiger partial charge in [0.25, 0.3) is 5.91 Å². The zero-order valence-electron chi connectivity index (χ0n) is 21.3. The van der Waals surface area contributed by atoms with Crippen molar-refractivity contribution in [2.45, 2.75) is 25.8 Å². The van der Waals surface area contributed by atoms with Gasteiger partial charge in [0.1, 0.15) is 11.6 Å². The minimum Gasteiger partial charge on any atom is -0.387 e. The van der Waals surface area contributed by atoms with Crippen LogP contribution in [-0.2, 0) is 13.0 Å². The largest absolute Gasteiger partial charge is 0.387 e. The maximum Gasteiger partial charge on any atom is 0.253 e. The van der Waals surface area contributed by atoms with Crippen molar-refractivity contribution in [2.75, 3.05) is 38.5 Å². The third-order valence-corrected chi connectivity index (χ3v) is 7.32. The molecule has 1 amide bonds. The molecule has 1 aliphatic rings. The lowest BCUT2D eigenvalue weighted by atomic mass is 9.93. The highest BCUT2D eigenvalue weighted by molar-refractivity contribution is 5.99. The lowest BCUT2D eigenvalue weighted by molar-refractivity contribution is 0.0944. The van der Waals surface area contributed by atoms with Gasteiger partial charge in [-0.15, -0.1) is 0 Å². The topological polar surface area (TPSA) is 62.2 Å². The van der Waals surface area contributed by atoms with E-state index < -0.39 is 0 Å². The van der Waals surface area contributed by atoms with Gasteiger partial charge in [0.05, 0.1) is 16.6 Å². The van der Waals surface area contributed by atoms with Crippen LogP contribution in [0, 0.1) is 11.7 Å². The lowest BCUT2D eigenvalue weighted by Gasteiger charge is -2.32. The molecule has 0 unspecified atom stereocenters. The fourth-order valence-electron chi connectivity index (χ4n) is 5.22. The maximum atomic E-state index is 13.4. The molecule has 3 aromatic carbocycles. The number of hydrogen-bond acceptors (Lipinski definition) is 4. The second kappa shape index (κ2) is 11.6. The van der Waals surface area contributed by atoms with Gasteiger partial charge < -0.3 is 20.1 Å². The summed E-state index contributed by atoms with van der Waals surface area (Å²) in [4.78, 5) is 20.0. The Hall–Kier alpha value is -3.71. The molecule has 0 bridgehead atoms. The molecule has 7 heteroatoms. The van der Waals surface area contributed by atoms with E-state index in [1.54, 1.807) is 0 Å². The molecule has 1 saturated heterocycles. The van der Waals surface area contributed by atoms with Crippen molar-refractivity contribution in [3.05, 3.63) is 95.6 Å². The summed E-state index contributed by atoms with van der Waals surface area (Å²) in [6.45, 7) is 4.21. The van der Waals surface area contributed by atoms with Crippen LogP contribution in [0.25, 0.3) is 11.0 Å². The van der Waals surface area contributed by atoms with Gasteiger partial charge in [-0.2, -0.15) is 0 Å². The smallest absolute Gasteiger partial charge is 0.253 e. The fraction of sp³-hybridized carbons (Fsp3) is 0.333. The van der Waals surface area contributed by atoms with Crippen LogP contribution in [0.5, 0.6) is 0 Å². The van der Waals surface area contributed by atoms with E-state index in [1.807, 2.05) is 55.6 Å². The molecular formula is C30H34FN5O. The number of anilines is 1. The summed E-state index contributed by atoms with van der Waals surface area (Å²) < 4.78 is 15.7. The fourth-order valence-corrected chi connectivity index (χ4v) is 5.22. The monoisotopic (exact) mass is 499 g/mol. The molecule has 6 nitrogen and oxygen atoms in total. The molecule has 0 radical (unpaired) electrons. The van der Waals surface area contributed by atoms with Gasteiger partial charge in [0.2, 0.25) is 0 Å². The number of para-hydroxylation sites is 3. The molecule has 0 atom stereocenters. The number of amides is 1. The number of nitrogens with one attached hydrogen (secondary N) is 2. The number of piperidine rings is 1. The third kappa shape index (κ3) is 6.00. The first-order valence-corrected chi connectivity index (χ1v) is 13.1. The SMILES string of the molecule is CNc1ccccc1C(=O)NCCN1CCC(Cc2nc3ccccc3n2Cc2ccc(F)cc2)CC1. The molecule has 1 aliphatic heterocycles. The van der Waals surface area contributed by atoms with Gasteiger partial charge in [0.15, 0.2) is 0 Å². The average Bonchev–Trinajstić information content (AvgIpc) is 3.27. The van der Waals surface area contributed by atoms with Gasteiger partial charge in [-0.05, 0) is 73.8 Å². The third-order valence-electron chi connectivity index (χ3n) is 7.32. The van der Waals surface area contributed by atoms with Crippen molar-refractivity contribution in [1.29, 1.82) is 0 Å². The average molecular weight is 500 g/mol. The number of nitrogens with zero attached hydrogens (tertiary/aromatic N) is 3. The number of hydrogen-bond donors (Lipinski definition) is 2. The van der Waals surface area contributed by atoms with E-state index in [0.29, 0.717) is 24.6 Å². The molecular weight excluding hydrogens is 465 g/mol. The van der Waals surface area contributed by atoms with Crippen LogP contribution in [0.4, 0.5) is 10.1 Å². The highest BCUT2D eigenvalue weighted by atomic mass is 19.1.